The van der Waals surface area contributed by atoms with E-state index < -0.39 is 0 Å². The van der Waals surface area contributed by atoms with Crippen LogP contribution in [0.25, 0.3) is 0 Å². The zero-order chi connectivity index (χ0) is 20.3. The molecular formula is C21H27N3O4. The third-order valence-corrected chi connectivity index (χ3v) is 5.19. The fraction of sp³-hybridized carbons (Fsp3) is 0.429. The van der Waals surface area contributed by atoms with Crippen molar-refractivity contribution < 1.29 is 14.3 Å². The van der Waals surface area contributed by atoms with Crippen LogP contribution in [0.3, 0.4) is 0 Å². The molecule has 3 rings (SSSR count). The van der Waals surface area contributed by atoms with E-state index in [0.29, 0.717) is 43.1 Å². The summed E-state index contributed by atoms with van der Waals surface area (Å²) in [5, 5.41) is 0. The molecule has 1 amide bonds. The van der Waals surface area contributed by atoms with Crippen molar-refractivity contribution in [1.29, 1.82) is 0 Å². The molecule has 7 nitrogen and oxygen atoms in total. The summed E-state index contributed by atoms with van der Waals surface area (Å²) in [5.74, 6) is 1.09. The van der Waals surface area contributed by atoms with Crippen molar-refractivity contribution in [2.75, 3.05) is 27.3 Å². The van der Waals surface area contributed by atoms with Gasteiger partial charge < -0.3 is 24.7 Å². The second kappa shape index (κ2) is 8.48. The molecule has 1 unspecified atom stereocenters. The Morgan fingerprint density at radius 3 is 2.61 bits per heavy atom. The molecular weight excluding hydrogens is 358 g/mol. The number of nitrogens with zero attached hydrogens (tertiary/aromatic N) is 2. The number of carbonyl (C=O) groups excluding carboxylic acids is 1. The SMILES string of the molecule is COc1ccc(CCn2ccc(C)c(C(=O)N3CCC(N)C3)c2=O)cc1OC. The Balaban J connectivity index is 1.80. The van der Waals surface area contributed by atoms with Gasteiger partial charge in [0.2, 0.25) is 0 Å². The Kier molecular flexibility index (Phi) is 6.04. The summed E-state index contributed by atoms with van der Waals surface area (Å²) in [6.07, 6.45) is 3.14. The van der Waals surface area contributed by atoms with Gasteiger partial charge in [-0.25, -0.2) is 0 Å². The molecule has 2 heterocycles. The molecule has 2 N–H and O–H groups in total. The highest BCUT2D eigenvalue weighted by Gasteiger charge is 2.27. The first-order valence-electron chi connectivity index (χ1n) is 9.40. The van der Waals surface area contributed by atoms with E-state index in [1.54, 1.807) is 36.8 Å². The quantitative estimate of drug-likeness (QED) is 0.816. The molecule has 0 saturated carbocycles. The Morgan fingerprint density at radius 1 is 1.21 bits per heavy atom. The number of hydrogen-bond acceptors (Lipinski definition) is 5. The van der Waals surface area contributed by atoms with Gasteiger partial charge in [0.05, 0.1) is 14.2 Å². The van der Waals surface area contributed by atoms with Crippen molar-refractivity contribution in [3.8, 4) is 11.5 Å². The predicted octanol–water partition coefficient (Wildman–Crippen LogP) is 1.59. The highest BCUT2D eigenvalue weighted by molar-refractivity contribution is 5.95. The van der Waals surface area contributed by atoms with Crippen molar-refractivity contribution in [3.63, 3.8) is 0 Å². The third kappa shape index (κ3) is 4.04. The Morgan fingerprint density at radius 2 is 1.96 bits per heavy atom. The lowest BCUT2D eigenvalue weighted by molar-refractivity contribution is 0.0787. The average molecular weight is 385 g/mol. The number of rotatable bonds is 6. The normalized spacial score (nSPS) is 16.3. The summed E-state index contributed by atoms with van der Waals surface area (Å²) in [7, 11) is 3.18. The fourth-order valence-electron chi connectivity index (χ4n) is 3.52. The summed E-state index contributed by atoms with van der Waals surface area (Å²) >= 11 is 0. The maximum atomic E-state index is 13.0. The molecule has 1 fully saturated rings. The Bertz CT molecular complexity index is 922. The summed E-state index contributed by atoms with van der Waals surface area (Å²) < 4.78 is 12.2. The van der Waals surface area contributed by atoms with E-state index in [1.165, 1.54) is 0 Å². The average Bonchev–Trinajstić information content (AvgIpc) is 3.13. The molecule has 2 aromatic rings. The zero-order valence-corrected chi connectivity index (χ0v) is 16.6. The molecule has 7 heteroatoms. The van der Waals surface area contributed by atoms with E-state index >= 15 is 0 Å². The van der Waals surface area contributed by atoms with Gasteiger partial charge >= 0.3 is 0 Å². The van der Waals surface area contributed by atoms with Crippen molar-refractivity contribution in [1.82, 2.24) is 9.47 Å². The van der Waals surface area contributed by atoms with Gasteiger partial charge in [0.25, 0.3) is 11.5 Å². The number of hydrogen-bond donors (Lipinski definition) is 1. The van der Waals surface area contributed by atoms with Crippen LogP contribution < -0.4 is 20.8 Å². The number of aromatic nitrogens is 1. The van der Waals surface area contributed by atoms with Crippen LogP contribution in [-0.2, 0) is 13.0 Å². The van der Waals surface area contributed by atoms with Crippen molar-refractivity contribution in [3.05, 3.63) is 57.5 Å². The van der Waals surface area contributed by atoms with E-state index in [2.05, 4.69) is 0 Å². The molecule has 1 aromatic carbocycles. The fourth-order valence-corrected chi connectivity index (χ4v) is 3.52. The van der Waals surface area contributed by atoms with Gasteiger partial charge in [-0.15, -0.1) is 0 Å². The molecule has 1 aromatic heterocycles. The van der Waals surface area contributed by atoms with Crippen LogP contribution in [0, 0.1) is 6.92 Å². The summed E-state index contributed by atoms with van der Waals surface area (Å²) in [6.45, 7) is 3.36. The molecule has 1 atom stereocenters. The van der Waals surface area contributed by atoms with Crippen LogP contribution >= 0.6 is 0 Å². The van der Waals surface area contributed by atoms with E-state index in [-0.39, 0.29) is 23.1 Å². The smallest absolute Gasteiger partial charge is 0.263 e. The van der Waals surface area contributed by atoms with Gasteiger partial charge in [-0.2, -0.15) is 0 Å². The lowest BCUT2D eigenvalue weighted by atomic mass is 10.1. The lowest BCUT2D eigenvalue weighted by Crippen LogP contribution is -2.37. The molecule has 0 radical (unpaired) electrons. The summed E-state index contributed by atoms with van der Waals surface area (Å²) in [6, 6.07) is 7.49. The predicted molar refractivity (Wildman–Crippen MR) is 107 cm³/mol. The van der Waals surface area contributed by atoms with Crippen molar-refractivity contribution in [2.45, 2.75) is 32.4 Å². The molecule has 0 bridgehead atoms. The van der Waals surface area contributed by atoms with Crippen LogP contribution in [0.2, 0.25) is 0 Å². The number of ether oxygens (including phenoxy) is 2. The van der Waals surface area contributed by atoms with Gasteiger partial charge in [0.15, 0.2) is 11.5 Å². The van der Waals surface area contributed by atoms with E-state index in [4.69, 9.17) is 15.2 Å². The van der Waals surface area contributed by atoms with Gasteiger partial charge in [0.1, 0.15) is 5.56 Å². The molecule has 1 aliphatic heterocycles. The topological polar surface area (TPSA) is 86.8 Å². The maximum absolute atomic E-state index is 13.0. The van der Waals surface area contributed by atoms with E-state index in [0.717, 1.165) is 12.0 Å². The monoisotopic (exact) mass is 385 g/mol. The summed E-state index contributed by atoms with van der Waals surface area (Å²) in [4.78, 5) is 27.5. The van der Waals surface area contributed by atoms with E-state index in [1.807, 2.05) is 24.3 Å². The molecule has 0 aliphatic carbocycles. The summed E-state index contributed by atoms with van der Waals surface area (Å²) in [5.41, 5.74) is 7.60. The van der Waals surface area contributed by atoms with Crippen LogP contribution in [0.15, 0.2) is 35.3 Å². The highest BCUT2D eigenvalue weighted by Crippen LogP contribution is 2.27. The standard InChI is InChI=1S/C21H27N3O4/c1-14-6-9-23(10-7-15-4-5-17(27-2)18(12-15)28-3)20(25)19(14)21(26)24-11-8-16(22)13-24/h4-6,9,12,16H,7-8,10-11,13,22H2,1-3H3. The minimum Gasteiger partial charge on any atom is -0.493 e. The Hall–Kier alpha value is -2.80. The number of methoxy groups -OCH3 is 2. The van der Waals surface area contributed by atoms with Crippen LogP contribution in [0.5, 0.6) is 11.5 Å². The van der Waals surface area contributed by atoms with Crippen molar-refractivity contribution >= 4 is 5.91 Å². The van der Waals surface area contributed by atoms with Gasteiger partial charge in [0, 0.05) is 31.9 Å². The minimum absolute atomic E-state index is 0.0137. The number of pyridine rings is 1. The number of likely N-dealkylation sites (tertiary alicyclic amines) is 1. The minimum atomic E-state index is -0.258. The lowest BCUT2D eigenvalue weighted by Gasteiger charge is -2.18. The number of carbonyl (C=O) groups is 1. The molecule has 0 spiro atoms. The maximum Gasteiger partial charge on any atom is 0.263 e. The van der Waals surface area contributed by atoms with Crippen LogP contribution in [0.4, 0.5) is 0 Å². The van der Waals surface area contributed by atoms with E-state index in [9.17, 15) is 9.59 Å². The van der Waals surface area contributed by atoms with Gasteiger partial charge in [-0.1, -0.05) is 6.07 Å². The largest absolute Gasteiger partial charge is 0.493 e. The van der Waals surface area contributed by atoms with Gasteiger partial charge in [-0.3, -0.25) is 9.59 Å². The number of nitrogens with two attached hydrogens (primary N) is 1. The number of aryl methyl sites for hydroxylation is 3. The second-order valence-corrected chi connectivity index (χ2v) is 7.11. The van der Waals surface area contributed by atoms with Crippen LogP contribution in [-0.4, -0.2) is 48.7 Å². The first kappa shape index (κ1) is 19.9. The van der Waals surface area contributed by atoms with Gasteiger partial charge in [-0.05, 0) is 49.1 Å². The number of amides is 1. The second-order valence-electron chi connectivity index (χ2n) is 7.11. The first-order chi connectivity index (χ1) is 13.4. The molecule has 1 aliphatic rings. The highest BCUT2D eigenvalue weighted by atomic mass is 16.5. The molecule has 150 valence electrons. The van der Waals surface area contributed by atoms with Crippen molar-refractivity contribution in [2.24, 2.45) is 5.73 Å². The number of benzene rings is 1. The molecule has 28 heavy (non-hydrogen) atoms. The van der Waals surface area contributed by atoms with Crippen LogP contribution in [0.1, 0.15) is 27.9 Å². The zero-order valence-electron chi connectivity index (χ0n) is 16.6. The Labute approximate surface area is 164 Å². The first-order valence-corrected chi connectivity index (χ1v) is 9.40. The third-order valence-electron chi connectivity index (χ3n) is 5.19. The molecule has 1 saturated heterocycles.